The van der Waals surface area contributed by atoms with Crippen molar-refractivity contribution in [3.05, 3.63) is 29.8 Å². The van der Waals surface area contributed by atoms with Crippen molar-refractivity contribution in [2.24, 2.45) is 11.7 Å². The molecule has 0 bridgehead atoms. The van der Waals surface area contributed by atoms with E-state index in [0.717, 1.165) is 12.8 Å². The molecule has 0 saturated carbocycles. The Kier molecular flexibility index (Phi) is 4.89. The molecule has 0 aliphatic carbocycles. The number of rotatable bonds is 4. The zero-order valence-electron chi connectivity index (χ0n) is 11.1. The number of hydrogen-bond acceptors (Lipinski definition) is 3. The summed E-state index contributed by atoms with van der Waals surface area (Å²) in [4.78, 5) is 14.0. The summed E-state index contributed by atoms with van der Waals surface area (Å²) in [6.45, 7) is -0.943. The fourth-order valence-electron chi connectivity index (χ4n) is 2.36. The fourth-order valence-corrected chi connectivity index (χ4v) is 2.36. The number of ether oxygens (including phenoxy) is 1. The Balaban J connectivity index is 2.02. The smallest absolute Gasteiger partial charge is 0.387 e. The lowest BCUT2D eigenvalue weighted by Crippen LogP contribution is -2.40. The van der Waals surface area contributed by atoms with Crippen molar-refractivity contribution in [3.63, 3.8) is 0 Å². The minimum Gasteiger partial charge on any atom is -0.435 e. The zero-order valence-corrected chi connectivity index (χ0v) is 11.1. The molecular formula is C14H18F2N2O2. The van der Waals surface area contributed by atoms with E-state index in [1.54, 1.807) is 11.0 Å². The van der Waals surface area contributed by atoms with Crippen molar-refractivity contribution >= 4 is 5.91 Å². The molecule has 1 aromatic rings. The van der Waals surface area contributed by atoms with E-state index in [-0.39, 0.29) is 11.7 Å². The van der Waals surface area contributed by atoms with Crippen LogP contribution < -0.4 is 10.5 Å². The van der Waals surface area contributed by atoms with E-state index in [9.17, 15) is 13.6 Å². The van der Waals surface area contributed by atoms with E-state index in [1.807, 2.05) is 0 Å². The highest BCUT2D eigenvalue weighted by molar-refractivity contribution is 5.94. The van der Waals surface area contributed by atoms with Crippen LogP contribution in [0.1, 0.15) is 23.2 Å². The Labute approximate surface area is 116 Å². The Morgan fingerprint density at radius 1 is 1.40 bits per heavy atom. The zero-order chi connectivity index (χ0) is 14.5. The SMILES string of the molecule is NCC1CCN(C(=O)c2cccc(OC(F)F)c2)CC1. The molecule has 0 atom stereocenters. The van der Waals surface area contributed by atoms with Gasteiger partial charge in [0.15, 0.2) is 0 Å². The maximum absolute atomic E-state index is 12.3. The molecule has 4 nitrogen and oxygen atoms in total. The lowest BCUT2D eigenvalue weighted by Gasteiger charge is -2.31. The summed E-state index contributed by atoms with van der Waals surface area (Å²) >= 11 is 0. The first-order chi connectivity index (χ1) is 9.60. The van der Waals surface area contributed by atoms with Crippen LogP contribution in [-0.4, -0.2) is 37.1 Å². The number of nitrogens with two attached hydrogens (primary N) is 1. The molecule has 6 heteroatoms. The number of carbonyl (C=O) groups is 1. The molecule has 0 aromatic heterocycles. The molecule has 2 N–H and O–H groups in total. The number of carbonyl (C=O) groups excluding carboxylic acids is 1. The molecule has 1 saturated heterocycles. The van der Waals surface area contributed by atoms with E-state index in [0.29, 0.717) is 31.1 Å². The van der Waals surface area contributed by atoms with Gasteiger partial charge < -0.3 is 15.4 Å². The number of piperidine rings is 1. The molecule has 1 aromatic carbocycles. The van der Waals surface area contributed by atoms with Crippen LogP contribution in [0.25, 0.3) is 0 Å². The minimum absolute atomic E-state index is 0.00249. The van der Waals surface area contributed by atoms with Crippen LogP contribution in [0.2, 0.25) is 0 Å². The molecule has 0 unspecified atom stereocenters. The Hall–Kier alpha value is -1.69. The molecule has 1 heterocycles. The predicted molar refractivity (Wildman–Crippen MR) is 70.8 cm³/mol. The Morgan fingerprint density at radius 2 is 2.10 bits per heavy atom. The van der Waals surface area contributed by atoms with Crippen LogP contribution in [0.5, 0.6) is 5.75 Å². The number of alkyl halides is 2. The van der Waals surface area contributed by atoms with Gasteiger partial charge in [-0.2, -0.15) is 8.78 Å². The second-order valence-electron chi connectivity index (χ2n) is 4.88. The first-order valence-electron chi connectivity index (χ1n) is 6.64. The number of benzene rings is 1. The molecule has 0 spiro atoms. The fraction of sp³-hybridized carbons (Fsp3) is 0.500. The van der Waals surface area contributed by atoms with Gasteiger partial charge in [-0.25, -0.2) is 0 Å². The van der Waals surface area contributed by atoms with Crippen molar-refractivity contribution in [1.29, 1.82) is 0 Å². The quantitative estimate of drug-likeness (QED) is 0.921. The molecule has 1 fully saturated rings. The lowest BCUT2D eigenvalue weighted by molar-refractivity contribution is -0.0499. The lowest BCUT2D eigenvalue weighted by atomic mass is 9.96. The third-order valence-corrected chi connectivity index (χ3v) is 3.54. The number of halogens is 2. The van der Waals surface area contributed by atoms with Crippen molar-refractivity contribution in [3.8, 4) is 5.75 Å². The first kappa shape index (κ1) is 14.7. The highest BCUT2D eigenvalue weighted by Crippen LogP contribution is 2.21. The van der Waals surface area contributed by atoms with E-state index in [4.69, 9.17) is 5.73 Å². The van der Waals surface area contributed by atoms with E-state index < -0.39 is 6.61 Å². The summed E-state index contributed by atoms with van der Waals surface area (Å²) in [7, 11) is 0. The van der Waals surface area contributed by atoms with Gasteiger partial charge in [-0.05, 0) is 43.5 Å². The molecule has 20 heavy (non-hydrogen) atoms. The summed E-state index contributed by atoms with van der Waals surface area (Å²) in [5.74, 6) is 0.315. The third kappa shape index (κ3) is 3.66. The van der Waals surface area contributed by atoms with Gasteiger partial charge in [-0.1, -0.05) is 6.07 Å². The highest BCUT2D eigenvalue weighted by Gasteiger charge is 2.23. The number of likely N-dealkylation sites (tertiary alicyclic amines) is 1. The van der Waals surface area contributed by atoms with Gasteiger partial charge in [0.1, 0.15) is 5.75 Å². The van der Waals surface area contributed by atoms with Gasteiger partial charge >= 0.3 is 6.61 Å². The van der Waals surface area contributed by atoms with E-state index in [2.05, 4.69) is 4.74 Å². The van der Waals surface area contributed by atoms with E-state index in [1.165, 1.54) is 18.2 Å². The summed E-state index contributed by atoms with van der Waals surface area (Å²) in [6.07, 6.45) is 1.77. The summed E-state index contributed by atoms with van der Waals surface area (Å²) in [6, 6.07) is 5.90. The second-order valence-corrected chi connectivity index (χ2v) is 4.88. The van der Waals surface area contributed by atoms with Crippen molar-refractivity contribution in [2.75, 3.05) is 19.6 Å². The topological polar surface area (TPSA) is 55.6 Å². The second kappa shape index (κ2) is 6.65. The maximum atomic E-state index is 12.3. The molecular weight excluding hydrogens is 266 g/mol. The normalized spacial score (nSPS) is 16.5. The van der Waals surface area contributed by atoms with Crippen molar-refractivity contribution in [1.82, 2.24) is 4.90 Å². The van der Waals surface area contributed by atoms with Gasteiger partial charge in [0.05, 0.1) is 0 Å². The monoisotopic (exact) mass is 284 g/mol. The van der Waals surface area contributed by atoms with Crippen LogP contribution in [0.3, 0.4) is 0 Å². The molecule has 110 valence electrons. The van der Waals surface area contributed by atoms with Gasteiger partial charge in [0, 0.05) is 18.7 Å². The average Bonchev–Trinajstić information content (AvgIpc) is 2.46. The van der Waals surface area contributed by atoms with Crippen molar-refractivity contribution in [2.45, 2.75) is 19.5 Å². The van der Waals surface area contributed by atoms with Gasteiger partial charge in [0.25, 0.3) is 5.91 Å². The molecule has 1 amide bonds. The Morgan fingerprint density at radius 3 is 2.70 bits per heavy atom. The summed E-state index contributed by atoms with van der Waals surface area (Å²) in [5.41, 5.74) is 5.98. The van der Waals surface area contributed by atoms with Crippen LogP contribution >= 0.6 is 0 Å². The van der Waals surface area contributed by atoms with Crippen LogP contribution in [0.15, 0.2) is 24.3 Å². The van der Waals surface area contributed by atoms with Crippen LogP contribution in [0, 0.1) is 5.92 Å². The van der Waals surface area contributed by atoms with Crippen LogP contribution in [0.4, 0.5) is 8.78 Å². The van der Waals surface area contributed by atoms with Gasteiger partial charge in [-0.3, -0.25) is 4.79 Å². The number of amides is 1. The molecule has 0 radical (unpaired) electrons. The maximum Gasteiger partial charge on any atom is 0.387 e. The Bertz CT molecular complexity index is 460. The van der Waals surface area contributed by atoms with Crippen molar-refractivity contribution < 1.29 is 18.3 Å². The first-order valence-corrected chi connectivity index (χ1v) is 6.64. The van der Waals surface area contributed by atoms with E-state index >= 15 is 0 Å². The third-order valence-electron chi connectivity index (χ3n) is 3.54. The standard InChI is InChI=1S/C14H18F2N2O2/c15-14(16)20-12-3-1-2-11(8-12)13(19)18-6-4-10(9-17)5-7-18/h1-3,8,10,14H,4-7,9,17H2. The minimum atomic E-state index is -2.89. The largest absolute Gasteiger partial charge is 0.435 e. The predicted octanol–water partition coefficient (Wildman–Crippen LogP) is 2.10. The number of hydrogen-bond donors (Lipinski definition) is 1. The molecule has 2 rings (SSSR count). The van der Waals surface area contributed by atoms with Gasteiger partial charge in [0.2, 0.25) is 0 Å². The highest BCUT2D eigenvalue weighted by atomic mass is 19.3. The summed E-state index contributed by atoms with van der Waals surface area (Å²) < 4.78 is 28.6. The average molecular weight is 284 g/mol. The molecule has 1 aliphatic heterocycles. The summed E-state index contributed by atoms with van der Waals surface area (Å²) in [5, 5.41) is 0. The number of nitrogens with zero attached hydrogens (tertiary/aromatic N) is 1. The molecule has 1 aliphatic rings. The van der Waals surface area contributed by atoms with Gasteiger partial charge in [-0.15, -0.1) is 0 Å². The van der Waals surface area contributed by atoms with Crippen LogP contribution in [-0.2, 0) is 0 Å².